The van der Waals surface area contributed by atoms with Crippen molar-refractivity contribution in [3.05, 3.63) is 117 Å². The molecule has 7 heteroatoms. The van der Waals surface area contributed by atoms with Crippen LogP contribution >= 0.6 is 15.9 Å². The average molecular weight is 792 g/mol. The molecule has 0 N–H and O–H groups in total. The number of unbranched alkanes of at least 4 members (excludes halogenated alkanes) is 14. The average Bonchev–Trinajstić information content (AvgIpc) is 4.03. The molecule has 0 radical (unpaired) electrons. The highest BCUT2D eigenvalue weighted by Crippen LogP contribution is 2.47. The van der Waals surface area contributed by atoms with Crippen LogP contribution in [0.4, 0.5) is 0 Å². The Labute approximate surface area is 330 Å². The Hall–Kier alpha value is -4.28. The van der Waals surface area contributed by atoms with E-state index in [0.29, 0.717) is 63.5 Å². The lowest BCUT2D eigenvalue weighted by molar-refractivity contribution is -0.124. The van der Waals surface area contributed by atoms with Crippen LogP contribution in [0, 0.1) is 11.8 Å². The standard InChI is InChI=1S/C47H55BrN2O4/c1-3-5-7-9-11-13-15-19-33-49-44(39-30-29-38(53-39)28-25-35-23-26-37(27-24-35)36-21-17-18-22-36)42-43(47(49)52)45(40-31-32-41(48)54-40)50(46(42)51)34-20-16-14-12-10-8-6-4-2/h17-18,21-24,26-27,29-32,36H,3-16,19-20,33-34H2,1-2H3. The lowest BCUT2D eigenvalue weighted by Gasteiger charge is -2.23. The van der Waals surface area contributed by atoms with Gasteiger partial charge in [-0.15, -0.1) is 0 Å². The Bertz CT molecular complexity index is 1920. The normalized spacial score (nSPS) is 15.4. The number of halogens is 1. The summed E-state index contributed by atoms with van der Waals surface area (Å²) in [4.78, 5) is 32.6. The van der Waals surface area contributed by atoms with Crippen LogP contribution in [0.1, 0.15) is 151 Å². The molecule has 0 spiro atoms. The molecule has 3 aliphatic rings. The Morgan fingerprint density at radius 3 is 1.56 bits per heavy atom. The second-order valence-electron chi connectivity index (χ2n) is 14.7. The van der Waals surface area contributed by atoms with Gasteiger partial charge in [0.05, 0.1) is 11.1 Å². The fraction of sp³-hybridized carbons (Fsp3) is 0.447. The van der Waals surface area contributed by atoms with E-state index in [2.05, 4.69) is 78.1 Å². The van der Waals surface area contributed by atoms with Gasteiger partial charge < -0.3 is 18.6 Å². The summed E-state index contributed by atoms with van der Waals surface area (Å²) in [5.41, 5.74) is 4.03. The third kappa shape index (κ3) is 9.68. The Morgan fingerprint density at radius 2 is 1.06 bits per heavy atom. The smallest absolute Gasteiger partial charge is 0.261 e. The van der Waals surface area contributed by atoms with Crippen molar-refractivity contribution in [1.29, 1.82) is 0 Å². The molecule has 0 atom stereocenters. The Balaban J connectivity index is 1.26. The summed E-state index contributed by atoms with van der Waals surface area (Å²) < 4.78 is 13.0. The van der Waals surface area contributed by atoms with Gasteiger partial charge in [0.25, 0.3) is 11.8 Å². The molecule has 6 rings (SSSR count). The molecule has 1 aromatic carbocycles. The summed E-state index contributed by atoms with van der Waals surface area (Å²) >= 11 is 3.45. The molecule has 2 aliphatic heterocycles. The third-order valence-corrected chi connectivity index (χ3v) is 11.1. The molecule has 2 amide bonds. The predicted octanol–water partition coefficient (Wildman–Crippen LogP) is 12.3. The van der Waals surface area contributed by atoms with Crippen molar-refractivity contribution in [2.75, 3.05) is 13.1 Å². The van der Waals surface area contributed by atoms with Gasteiger partial charge >= 0.3 is 0 Å². The first-order valence-electron chi connectivity index (χ1n) is 20.5. The molecule has 2 aromatic heterocycles. The van der Waals surface area contributed by atoms with Crippen LogP contribution < -0.4 is 0 Å². The SMILES string of the molecule is CCCCCCCCCCN1C(=O)C2=C(c3ccc(C#Cc4ccc(C5C=CC=C5)cc4)o3)N(CCCCCCCCCC)C(=O)C2=C1c1ccc(Br)o1. The lowest BCUT2D eigenvalue weighted by Crippen LogP contribution is -2.31. The molecule has 1 aliphatic carbocycles. The van der Waals surface area contributed by atoms with E-state index >= 15 is 0 Å². The number of hydrogen-bond donors (Lipinski definition) is 0. The number of carbonyl (C=O) groups is 2. The lowest BCUT2D eigenvalue weighted by atomic mass is 10.00. The molecular formula is C47H55BrN2O4. The monoisotopic (exact) mass is 790 g/mol. The summed E-state index contributed by atoms with van der Waals surface area (Å²) in [6.45, 7) is 5.50. The number of allylic oxidation sites excluding steroid dienone is 4. The van der Waals surface area contributed by atoms with Crippen LogP contribution in [0.5, 0.6) is 0 Å². The summed E-state index contributed by atoms with van der Waals surface area (Å²) in [6.07, 6.45) is 27.0. The van der Waals surface area contributed by atoms with Gasteiger partial charge in [0, 0.05) is 24.6 Å². The van der Waals surface area contributed by atoms with Gasteiger partial charge in [-0.3, -0.25) is 9.59 Å². The molecule has 284 valence electrons. The highest BCUT2D eigenvalue weighted by Gasteiger charge is 2.50. The van der Waals surface area contributed by atoms with Crippen molar-refractivity contribution in [2.45, 2.75) is 122 Å². The van der Waals surface area contributed by atoms with Crippen molar-refractivity contribution in [2.24, 2.45) is 0 Å². The zero-order chi connectivity index (χ0) is 37.7. The van der Waals surface area contributed by atoms with Crippen LogP contribution in [-0.2, 0) is 9.59 Å². The van der Waals surface area contributed by atoms with Gasteiger partial charge in [-0.2, -0.15) is 0 Å². The Morgan fingerprint density at radius 1 is 0.574 bits per heavy atom. The molecule has 54 heavy (non-hydrogen) atoms. The highest BCUT2D eigenvalue weighted by atomic mass is 79.9. The van der Waals surface area contributed by atoms with Crippen LogP contribution in [0.3, 0.4) is 0 Å². The van der Waals surface area contributed by atoms with Crippen molar-refractivity contribution >= 4 is 39.1 Å². The van der Waals surface area contributed by atoms with Crippen LogP contribution in [0.2, 0.25) is 0 Å². The largest absolute Gasteiger partial charge is 0.448 e. The number of furan rings is 2. The van der Waals surface area contributed by atoms with Gasteiger partial charge in [-0.1, -0.05) is 146 Å². The first-order valence-corrected chi connectivity index (χ1v) is 21.2. The minimum atomic E-state index is -0.173. The van der Waals surface area contributed by atoms with E-state index in [1.807, 2.05) is 36.4 Å². The number of amides is 2. The van der Waals surface area contributed by atoms with Crippen LogP contribution in [-0.4, -0.2) is 34.7 Å². The van der Waals surface area contributed by atoms with E-state index in [4.69, 9.17) is 8.83 Å². The second-order valence-corrected chi connectivity index (χ2v) is 15.5. The number of hydrogen-bond acceptors (Lipinski definition) is 4. The van der Waals surface area contributed by atoms with Gasteiger partial charge in [-0.05, 0) is 76.7 Å². The van der Waals surface area contributed by atoms with E-state index in [1.54, 1.807) is 9.80 Å². The second kappa shape index (κ2) is 19.9. The molecule has 0 bridgehead atoms. The minimum Gasteiger partial charge on any atom is -0.448 e. The van der Waals surface area contributed by atoms with Gasteiger partial charge in [-0.25, -0.2) is 0 Å². The van der Waals surface area contributed by atoms with Gasteiger partial charge in [0.15, 0.2) is 22.0 Å². The minimum absolute atomic E-state index is 0.173. The predicted molar refractivity (Wildman–Crippen MR) is 221 cm³/mol. The molecule has 3 aromatic rings. The fourth-order valence-corrected chi connectivity index (χ4v) is 8.00. The number of rotatable bonds is 21. The van der Waals surface area contributed by atoms with E-state index < -0.39 is 0 Å². The van der Waals surface area contributed by atoms with Crippen LogP contribution in [0.15, 0.2) is 97.5 Å². The zero-order valence-corrected chi connectivity index (χ0v) is 33.7. The zero-order valence-electron chi connectivity index (χ0n) is 32.1. The van der Waals surface area contributed by atoms with E-state index in [-0.39, 0.29) is 11.8 Å². The molecule has 0 saturated carbocycles. The maximum atomic E-state index is 14.5. The number of nitrogens with zero attached hydrogens (tertiary/aromatic N) is 2. The van der Waals surface area contributed by atoms with Gasteiger partial charge in [0.1, 0.15) is 11.4 Å². The van der Waals surface area contributed by atoms with Crippen molar-refractivity contribution in [3.63, 3.8) is 0 Å². The number of fused-ring (bicyclic) bond motifs is 1. The number of carbonyl (C=O) groups excluding carboxylic acids is 2. The summed E-state index contributed by atoms with van der Waals surface area (Å²) in [7, 11) is 0. The topological polar surface area (TPSA) is 66.9 Å². The molecule has 0 saturated heterocycles. The van der Waals surface area contributed by atoms with Crippen LogP contribution in [0.25, 0.3) is 11.4 Å². The highest BCUT2D eigenvalue weighted by molar-refractivity contribution is 9.10. The maximum absolute atomic E-state index is 14.5. The van der Waals surface area contributed by atoms with E-state index in [0.717, 1.165) is 44.1 Å². The van der Waals surface area contributed by atoms with Gasteiger partial charge in [0.2, 0.25) is 0 Å². The fourth-order valence-electron chi connectivity index (χ4n) is 7.69. The molecule has 6 nitrogen and oxygen atoms in total. The number of benzene rings is 1. The molecular weight excluding hydrogens is 736 g/mol. The van der Waals surface area contributed by atoms with E-state index in [9.17, 15) is 9.59 Å². The molecule has 4 heterocycles. The van der Waals surface area contributed by atoms with Crippen molar-refractivity contribution < 1.29 is 18.4 Å². The quantitative estimate of drug-likeness (QED) is 0.0796. The maximum Gasteiger partial charge on any atom is 0.261 e. The van der Waals surface area contributed by atoms with E-state index in [1.165, 1.54) is 69.8 Å². The first kappa shape index (κ1) is 39.4. The molecule has 0 fully saturated rings. The first-order chi connectivity index (χ1) is 26.5. The summed E-state index contributed by atoms with van der Waals surface area (Å²) in [6, 6.07) is 15.6. The Kier molecular flexibility index (Phi) is 14.5. The summed E-state index contributed by atoms with van der Waals surface area (Å²) in [5.74, 6) is 7.84. The van der Waals surface area contributed by atoms with Crippen molar-refractivity contribution in [1.82, 2.24) is 9.80 Å². The summed E-state index contributed by atoms with van der Waals surface area (Å²) in [5, 5.41) is 0. The van der Waals surface area contributed by atoms with Crippen molar-refractivity contribution in [3.8, 4) is 11.8 Å². The molecule has 0 unspecified atom stereocenters. The third-order valence-electron chi connectivity index (χ3n) is 10.7.